The predicted molar refractivity (Wildman–Crippen MR) is 100 cm³/mol. The van der Waals surface area contributed by atoms with Crippen molar-refractivity contribution in [3.05, 3.63) is 0 Å². The van der Waals surface area contributed by atoms with Crippen molar-refractivity contribution in [1.29, 1.82) is 0 Å². The summed E-state index contributed by atoms with van der Waals surface area (Å²) in [6.45, 7) is 19.0. The van der Waals surface area contributed by atoms with E-state index in [1.165, 1.54) is 84.6 Å². The lowest BCUT2D eigenvalue weighted by Gasteiger charge is -2.52. The molecule has 0 aromatic rings. The van der Waals surface area contributed by atoms with Crippen LogP contribution in [0.2, 0.25) is 0 Å². The van der Waals surface area contributed by atoms with Crippen LogP contribution in [0.5, 0.6) is 0 Å². The number of rotatable bonds is 7. The summed E-state index contributed by atoms with van der Waals surface area (Å²) in [6.07, 6.45) is 6.09. The lowest BCUT2D eigenvalue weighted by Crippen LogP contribution is -2.51. The summed E-state index contributed by atoms with van der Waals surface area (Å²) in [5.74, 6) is 0.841. The molecule has 2 saturated heterocycles. The van der Waals surface area contributed by atoms with E-state index in [1.54, 1.807) is 0 Å². The van der Waals surface area contributed by atoms with Crippen LogP contribution in [0.15, 0.2) is 0 Å². The molecule has 3 fully saturated rings. The molecule has 4 heteroatoms. The molecular formula is C20H39N3O. The van der Waals surface area contributed by atoms with Crippen LogP contribution in [-0.4, -0.2) is 86.3 Å². The first-order valence-electron chi connectivity index (χ1n) is 10.4. The second-order valence-electron chi connectivity index (χ2n) is 8.77. The Kier molecular flexibility index (Phi) is 6.58. The van der Waals surface area contributed by atoms with Crippen molar-refractivity contribution in [3.8, 4) is 0 Å². The highest BCUT2D eigenvalue weighted by molar-refractivity contribution is 4.97. The lowest BCUT2D eigenvalue weighted by atomic mass is 9.58. The van der Waals surface area contributed by atoms with E-state index >= 15 is 0 Å². The van der Waals surface area contributed by atoms with Gasteiger partial charge in [-0.15, -0.1) is 0 Å². The number of likely N-dealkylation sites (N-methyl/N-ethyl adjacent to an activating group) is 1. The topological polar surface area (TPSA) is 19.0 Å². The van der Waals surface area contributed by atoms with Crippen LogP contribution < -0.4 is 0 Å². The van der Waals surface area contributed by atoms with Crippen molar-refractivity contribution < 1.29 is 4.74 Å². The van der Waals surface area contributed by atoms with Gasteiger partial charge in [0.25, 0.3) is 0 Å². The summed E-state index contributed by atoms with van der Waals surface area (Å²) in [4.78, 5) is 7.95. The van der Waals surface area contributed by atoms with Gasteiger partial charge in [0.15, 0.2) is 0 Å². The van der Waals surface area contributed by atoms with Gasteiger partial charge in [0.2, 0.25) is 0 Å². The standard InChI is InChI=1S/C20H39N3O/c1-4-21-9-11-23(12-10-21)14-13-22-7-5-20(6-8-22)15-19(16-20)17-24-18(2)3/h18-19H,4-17H2,1-3H3. The van der Waals surface area contributed by atoms with Crippen LogP contribution in [-0.2, 0) is 4.74 Å². The summed E-state index contributed by atoms with van der Waals surface area (Å²) in [7, 11) is 0. The van der Waals surface area contributed by atoms with E-state index in [-0.39, 0.29) is 0 Å². The molecule has 0 atom stereocenters. The summed E-state index contributed by atoms with van der Waals surface area (Å²) in [5, 5.41) is 0. The van der Waals surface area contributed by atoms with E-state index in [0.717, 1.165) is 12.5 Å². The summed E-state index contributed by atoms with van der Waals surface area (Å²) < 4.78 is 5.80. The average molecular weight is 338 g/mol. The molecule has 0 unspecified atom stereocenters. The van der Waals surface area contributed by atoms with Gasteiger partial charge < -0.3 is 14.5 Å². The van der Waals surface area contributed by atoms with Crippen LogP contribution in [0.3, 0.4) is 0 Å². The van der Waals surface area contributed by atoms with Crippen molar-refractivity contribution in [1.82, 2.24) is 14.7 Å². The summed E-state index contributed by atoms with van der Waals surface area (Å²) >= 11 is 0. The van der Waals surface area contributed by atoms with Crippen molar-refractivity contribution in [3.63, 3.8) is 0 Å². The first-order chi connectivity index (χ1) is 11.6. The highest BCUT2D eigenvalue weighted by Gasteiger charge is 2.45. The fourth-order valence-corrected chi connectivity index (χ4v) is 4.88. The Balaban J connectivity index is 1.28. The molecule has 0 bridgehead atoms. The Morgan fingerprint density at radius 1 is 0.875 bits per heavy atom. The second kappa shape index (κ2) is 8.48. The zero-order chi connectivity index (χ0) is 17.0. The Morgan fingerprint density at radius 3 is 1.96 bits per heavy atom. The molecule has 0 radical (unpaired) electrons. The van der Waals surface area contributed by atoms with E-state index < -0.39 is 0 Å². The van der Waals surface area contributed by atoms with Crippen LogP contribution in [0.1, 0.15) is 46.5 Å². The number of hydrogen-bond acceptors (Lipinski definition) is 4. The van der Waals surface area contributed by atoms with Crippen LogP contribution in [0.4, 0.5) is 0 Å². The molecule has 2 heterocycles. The molecule has 0 N–H and O–H groups in total. The van der Waals surface area contributed by atoms with Gasteiger partial charge in [-0.1, -0.05) is 6.92 Å². The number of piperazine rings is 1. The fourth-order valence-electron chi connectivity index (χ4n) is 4.88. The largest absolute Gasteiger partial charge is 0.379 e. The molecule has 1 saturated carbocycles. The van der Waals surface area contributed by atoms with Crippen molar-refractivity contribution in [2.45, 2.75) is 52.6 Å². The monoisotopic (exact) mass is 337 g/mol. The molecule has 1 aliphatic carbocycles. The highest BCUT2D eigenvalue weighted by Crippen LogP contribution is 2.52. The fraction of sp³-hybridized carbons (Fsp3) is 1.00. The van der Waals surface area contributed by atoms with Gasteiger partial charge in [-0.25, -0.2) is 0 Å². The minimum absolute atomic E-state index is 0.391. The molecule has 0 aromatic heterocycles. The third-order valence-electron chi connectivity index (χ3n) is 6.67. The van der Waals surface area contributed by atoms with Crippen LogP contribution >= 0.6 is 0 Å². The number of ether oxygens (including phenoxy) is 1. The average Bonchev–Trinajstić information content (AvgIpc) is 2.57. The maximum Gasteiger partial charge on any atom is 0.0519 e. The van der Waals surface area contributed by atoms with Gasteiger partial charge >= 0.3 is 0 Å². The van der Waals surface area contributed by atoms with Gasteiger partial charge in [-0.3, -0.25) is 4.90 Å². The molecule has 3 aliphatic rings. The molecule has 1 spiro atoms. The molecule has 4 nitrogen and oxygen atoms in total. The van der Waals surface area contributed by atoms with Crippen LogP contribution in [0, 0.1) is 11.3 Å². The molecule has 3 rings (SSSR count). The minimum atomic E-state index is 0.391. The van der Waals surface area contributed by atoms with E-state index in [1.807, 2.05) is 0 Å². The summed E-state index contributed by atoms with van der Waals surface area (Å²) in [6, 6.07) is 0. The Labute approximate surface area is 149 Å². The third kappa shape index (κ3) is 4.94. The Hall–Kier alpha value is -0.160. The Bertz CT molecular complexity index is 363. The van der Waals surface area contributed by atoms with E-state index in [9.17, 15) is 0 Å². The van der Waals surface area contributed by atoms with E-state index in [4.69, 9.17) is 4.74 Å². The summed E-state index contributed by atoms with van der Waals surface area (Å²) in [5.41, 5.74) is 0.689. The first kappa shape index (κ1) is 18.6. The number of likely N-dealkylation sites (tertiary alicyclic amines) is 1. The van der Waals surface area contributed by atoms with Crippen molar-refractivity contribution in [2.75, 3.05) is 65.5 Å². The normalized spacial score (nSPS) is 27.0. The first-order valence-corrected chi connectivity index (χ1v) is 10.4. The predicted octanol–water partition coefficient (Wildman–Crippen LogP) is 2.54. The van der Waals surface area contributed by atoms with Gasteiger partial charge in [-0.2, -0.15) is 0 Å². The minimum Gasteiger partial charge on any atom is -0.379 e. The van der Waals surface area contributed by atoms with E-state index in [2.05, 4.69) is 35.5 Å². The number of nitrogens with zero attached hydrogens (tertiary/aromatic N) is 3. The van der Waals surface area contributed by atoms with Gasteiger partial charge in [0.1, 0.15) is 0 Å². The molecule has 24 heavy (non-hydrogen) atoms. The molecule has 0 amide bonds. The SMILES string of the molecule is CCN1CCN(CCN2CCC3(CC2)CC(COC(C)C)C3)CC1. The quantitative estimate of drug-likeness (QED) is 0.710. The second-order valence-corrected chi connectivity index (χ2v) is 8.77. The lowest BCUT2D eigenvalue weighted by molar-refractivity contribution is -0.0616. The van der Waals surface area contributed by atoms with E-state index in [0.29, 0.717) is 11.5 Å². The molecule has 0 aromatic carbocycles. The van der Waals surface area contributed by atoms with Crippen molar-refractivity contribution >= 4 is 0 Å². The van der Waals surface area contributed by atoms with Crippen molar-refractivity contribution in [2.24, 2.45) is 11.3 Å². The smallest absolute Gasteiger partial charge is 0.0519 e. The molecular weight excluding hydrogens is 298 g/mol. The van der Waals surface area contributed by atoms with Gasteiger partial charge in [0, 0.05) is 45.9 Å². The van der Waals surface area contributed by atoms with Gasteiger partial charge in [0.05, 0.1) is 6.10 Å². The van der Waals surface area contributed by atoms with Crippen LogP contribution in [0.25, 0.3) is 0 Å². The zero-order valence-electron chi connectivity index (χ0n) is 16.3. The Morgan fingerprint density at radius 2 is 1.42 bits per heavy atom. The molecule has 140 valence electrons. The van der Waals surface area contributed by atoms with Gasteiger partial charge in [-0.05, 0) is 70.5 Å². The highest BCUT2D eigenvalue weighted by atomic mass is 16.5. The zero-order valence-corrected chi connectivity index (χ0v) is 16.3. The number of hydrogen-bond donors (Lipinski definition) is 0. The maximum atomic E-state index is 5.80. The number of piperidine rings is 1. The third-order valence-corrected chi connectivity index (χ3v) is 6.67. The maximum absolute atomic E-state index is 5.80. The molecule has 2 aliphatic heterocycles.